The predicted molar refractivity (Wildman–Crippen MR) is 129 cm³/mol. The lowest BCUT2D eigenvalue weighted by Gasteiger charge is -2.36. The second-order valence-electron chi connectivity index (χ2n) is 8.40. The van der Waals surface area contributed by atoms with E-state index in [9.17, 15) is 4.79 Å². The Morgan fingerprint density at radius 3 is 2.34 bits per heavy atom. The fourth-order valence-electron chi connectivity index (χ4n) is 4.42. The fraction of sp³-hybridized carbons (Fsp3) is 0.667. The third-order valence-corrected chi connectivity index (χ3v) is 6.37. The summed E-state index contributed by atoms with van der Waals surface area (Å²) in [5, 5.41) is 3.41. The molecule has 8 nitrogen and oxygen atoms in total. The summed E-state index contributed by atoms with van der Waals surface area (Å²) in [4.78, 5) is 23.9. The van der Waals surface area contributed by atoms with E-state index in [-0.39, 0.29) is 11.9 Å². The quantitative estimate of drug-likeness (QED) is 0.284. The van der Waals surface area contributed by atoms with Crippen LogP contribution in [0, 0.1) is 5.92 Å². The van der Waals surface area contributed by atoms with Gasteiger partial charge in [0.05, 0.1) is 20.1 Å². The van der Waals surface area contributed by atoms with Gasteiger partial charge in [-0.05, 0) is 50.5 Å². The molecule has 2 heterocycles. The van der Waals surface area contributed by atoms with Gasteiger partial charge >= 0.3 is 5.97 Å². The van der Waals surface area contributed by atoms with Gasteiger partial charge in [-0.2, -0.15) is 0 Å². The molecule has 0 saturated carbocycles. The second kappa shape index (κ2) is 12.5. The maximum Gasteiger partial charge on any atom is 0.308 e. The molecule has 0 amide bonds. The van der Waals surface area contributed by atoms with Crippen LogP contribution in [0.15, 0.2) is 29.3 Å². The van der Waals surface area contributed by atoms with Crippen molar-refractivity contribution in [2.45, 2.75) is 26.2 Å². The number of piperazine rings is 1. The van der Waals surface area contributed by atoms with E-state index < -0.39 is 0 Å². The lowest BCUT2D eigenvalue weighted by Crippen LogP contribution is -2.47. The number of carbonyl (C=O) groups excluding carboxylic acids is 1. The number of ether oxygens (including phenoxy) is 2. The van der Waals surface area contributed by atoms with Crippen LogP contribution in [0.4, 0.5) is 5.69 Å². The minimum atomic E-state index is -0.0846. The molecule has 2 fully saturated rings. The minimum Gasteiger partial charge on any atom is -0.497 e. The van der Waals surface area contributed by atoms with Crippen LogP contribution in [-0.4, -0.2) is 94.9 Å². The van der Waals surface area contributed by atoms with E-state index in [1.807, 2.05) is 12.1 Å². The number of hydrogen-bond donors (Lipinski definition) is 1. The summed E-state index contributed by atoms with van der Waals surface area (Å²) < 4.78 is 10.1. The first-order chi connectivity index (χ1) is 15.6. The lowest BCUT2D eigenvalue weighted by molar-refractivity contribution is -0.146. The third kappa shape index (κ3) is 6.76. The highest BCUT2D eigenvalue weighted by atomic mass is 16.5. The number of piperidine rings is 1. The van der Waals surface area contributed by atoms with Gasteiger partial charge in [0.25, 0.3) is 0 Å². The molecule has 0 bridgehead atoms. The Labute approximate surface area is 192 Å². The fourth-order valence-corrected chi connectivity index (χ4v) is 4.42. The van der Waals surface area contributed by atoms with E-state index in [1.54, 1.807) is 7.11 Å². The first-order valence-corrected chi connectivity index (χ1v) is 11.9. The summed E-state index contributed by atoms with van der Waals surface area (Å²) in [6, 6.07) is 8.33. The molecule has 2 aliphatic rings. The first kappa shape index (κ1) is 24.2. The average Bonchev–Trinajstić information content (AvgIpc) is 2.86. The number of hydrogen-bond acceptors (Lipinski definition) is 6. The molecule has 0 atom stereocenters. The highest BCUT2D eigenvalue weighted by Gasteiger charge is 2.27. The summed E-state index contributed by atoms with van der Waals surface area (Å²) in [5.74, 6) is 1.81. The topological polar surface area (TPSA) is 69.6 Å². The van der Waals surface area contributed by atoms with Crippen molar-refractivity contribution in [3.63, 3.8) is 0 Å². The molecule has 0 unspecified atom stereocenters. The number of rotatable bonds is 8. The minimum absolute atomic E-state index is 0.0238. The van der Waals surface area contributed by atoms with Crippen molar-refractivity contribution in [3.8, 4) is 5.75 Å². The van der Waals surface area contributed by atoms with Crippen molar-refractivity contribution in [2.24, 2.45) is 10.9 Å². The molecular weight excluding hydrogens is 406 g/mol. The van der Waals surface area contributed by atoms with Gasteiger partial charge in [-0.15, -0.1) is 0 Å². The Morgan fingerprint density at radius 2 is 1.75 bits per heavy atom. The smallest absolute Gasteiger partial charge is 0.308 e. The van der Waals surface area contributed by atoms with Crippen LogP contribution >= 0.6 is 0 Å². The molecule has 0 aliphatic carbocycles. The summed E-state index contributed by atoms with van der Waals surface area (Å²) in [6.07, 6.45) is 2.71. The molecule has 1 N–H and O–H groups in total. The van der Waals surface area contributed by atoms with Crippen LogP contribution in [0.2, 0.25) is 0 Å². The molecule has 1 aromatic rings. The van der Waals surface area contributed by atoms with Crippen LogP contribution in [0.5, 0.6) is 5.75 Å². The van der Waals surface area contributed by atoms with E-state index in [0.717, 1.165) is 89.9 Å². The van der Waals surface area contributed by atoms with Gasteiger partial charge in [0.2, 0.25) is 0 Å². The largest absolute Gasteiger partial charge is 0.497 e. The van der Waals surface area contributed by atoms with Gasteiger partial charge in [-0.3, -0.25) is 14.7 Å². The normalized spacial score (nSPS) is 18.5. The summed E-state index contributed by atoms with van der Waals surface area (Å²) >= 11 is 0. The van der Waals surface area contributed by atoms with Gasteiger partial charge in [0.1, 0.15) is 5.75 Å². The summed E-state index contributed by atoms with van der Waals surface area (Å²) in [5.41, 5.74) is 1.27. The van der Waals surface area contributed by atoms with E-state index in [1.165, 1.54) is 12.8 Å². The lowest BCUT2D eigenvalue weighted by atomic mass is 9.97. The maximum atomic E-state index is 11.8. The number of esters is 1. The van der Waals surface area contributed by atoms with E-state index in [0.29, 0.717) is 0 Å². The molecule has 0 spiro atoms. The number of nitrogens with zero attached hydrogens (tertiary/aromatic N) is 4. The molecule has 3 rings (SSSR count). The molecule has 32 heavy (non-hydrogen) atoms. The summed E-state index contributed by atoms with van der Waals surface area (Å²) in [6.45, 7) is 10.8. The summed E-state index contributed by atoms with van der Waals surface area (Å²) in [7, 11) is 3.17. The Morgan fingerprint density at radius 1 is 1.06 bits per heavy atom. The third-order valence-electron chi connectivity index (χ3n) is 6.37. The number of likely N-dealkylation sites (tertiary alicyclic amines) is 1. The monoisotopic (exact) mass is 445 g/mol. The molecule has 8 heteroatoms. The number of anilines is 1. The SMILES string of the molecule is CCNC(=NCCCN1CCN(c2ccc(OC)cc2)CC1)N1CCC(C(=O)OC)CC1. The Bertz CT molecular complexity index is 724. The van der Waals surface area contributed by atoms with Gasteiger partial charge in [-0.1, -0.05) is 0 Å². The second-order valence-corrected chi connectivity index (χ2v) is 8.40. The van der Waals surface area contributed by atoms with E-state index in [2.05, 4.69) is 39.1 Å². The van der Waals surface area contributed by atoms with Crippen molar-refractivity contribution in [1.82, 2.24) is 15.1 Å². The number of benzene rings is 1. The van der Waals surface area contributed by atoms with Crippen molar-refractivity contribution in [1.29, 1.82) is 0 Å². The Balaban J connectivity index is 1.38. The molecule has 2 saturated heterocycles. The molecule has 0 aromatic heterocycles. The van der Waals surface area contributed by atoms with E-state index >= 15 is 0 Å². The van der Waals surface area contributed by atoms with Crippen LogP contribution in [0.3, 0.4) is 0 Å². The molecule has 178 valence electrons. The first-order valence-electron chi connectivity index (χ1n) is 11.9. The Hall–Kier alpha value is -2.48. The maximum absolute atomic E-state index is 11.8. The highest BCUT2D eigenvalue weighted by molar-refractivity contribution is 5.80. The van der Waals surface area contributed by atoms with Gasteiger partial charge < -0.3 is 24.6 Å². The molecule has 0 radical (unpaired) electrons. The standard InChI is InChI=1S/C24H39N5O3/c1-4-25-24(29-14-10-20(11-15-29)23(30)32-3)26-12-5-13-27-16-18-28(19-17-27)21-6-8-22(31-2)9-7-21/h6-9,20H,4-5,10-19H2,1-3H3,(H,25,26). The number of methoxy groups -OCH3 is 2. The van der Waals surface area contributed by atoms with Crippen LogP contribution in [0.25, 0.3) is 0 Å². The van der Waals surface area contributed by atoms with Gasteiger partial charge in [-0.25, -0.2) is 0 Å². The number of nitrogens with one attached hydrogen (secondary N) is 1. The van der Waals surface area contributed by atoms with Crippen molar-refractivity contribution in [3.05, 3.63) is 24.3 Å². The zero-order chi connectivity index (χ0) is 22.8. The van der Waals surface area contributed by atoms with Crippen LogP contribution < -0.4 is 15.0 Å². The van der Waals surface area contributed by atoms with Crippen molar-refractivity contribution in [2.75, 3.05) is 78.0 Å². The number of carbonyl (C=O) groups is 1. The van der Waals surface area contributed by atoms with Crippen LogP contribution in [-0.2, 0) is 9.53 Å². The van der Waals surface area contributed by atoms with E-state index in [4.69, 9.17) is 14.5 Å². The number of aliphatic imine (C=N–C) groups is 1. The predicted octanol–water partition coefficient (Wildman–Crippen LogP) is 2.06. The zero-order valence-electron chi connectivity index (χ0n) is 19.9. The molecule has 1 aromatic carbocycles. The number of guanidine groups is 1. The Kier molecular flexibility index (Phi) is 9.46. The zero-order valence-corrected chi connectivity index (χ0v) is 19.9. The van der Waals surface area contributed by atoms with Crippen molar-refractivity contribution < 1.29 is 14.3 Å². The van der Waals surface area contributed by atoms with Crippen molar-refractivity contribution >= 4 is 17.6 Å². The molecule has 2 aliphatic heterocycles. The average molecular weight is 446 g/mol. The highest BCUT2D eigenvalue weighted by Crippen LogP contribution is 2.21. The molecular formula is C24H39N5O3. The van der Waals surface area contributed by atoms with Crippen LogP contribution in [0.1, 0.15) is 26.2 Å². The van der Waals surface area contributed by atoms with Gasteiger partial charge in [0, 0.05) is 64.6 Å². The van der Waals surface area contributed by atoms with Gasteiger partial charge in [0.15, 0.2) is 5.96 Å².